The Labute approximate surface area is 154 Å². The van der Waals surface area contributed by atoms with Gasteiger partial charge in [0.15, 0.2) is 5.16 Å². The van der Waals surface area contributed by atoms with Crippen molar-refractivity contribution in [3.8, 4) is 0 Å². The monoisotopic (exact) mass is 382 g/mol. The van der Waals surface area contributed by atoms with Crippen molar-refractivity contribution >= 4 is 46.6 Å². The highest BCUT2D eigenvalue weighted by Gasteiger charge is 2.30. The van der Waals surface area contributed by atoms with Crippen molar-refractivity contribution in [2.45, 2.75) is 30.5 Å². The Balaban J connectivity index is 1.62. The summed E-state index contributed by atoms with van der Waals surface area (Å²) in [7, 11) is 0. The number of anilines is 1. The van der Waals surface area contributed by atoms with Crippen LogP contribution in [0.5, 0.6) is 0 Å². The van der Waals surface area contributed by atoms with E-state index in [1.165, 1.54) is 11.8 Å². The number of aromatic nitrogens is 3. The van der Waals surface area contributed by atoms with Gasteiger partial charge in [0.25, 0.3) is 0 Å². The second-order valence-corrected chi connectivity index (χ2v) is 7.32. The fraction of sp³-hybridized carbons (Fsp3) is 0.312. The lowest BCUT2D eigenvalue weighted by atomic mass is 10.3. The number of thioether (sulfide) groups is 1. The van der Waals surface area contributed by atoms with Gasteiger partial charge in [0.05, 0.1) is 5.75 Å². The largest absolute Gasteiger partial charge is 0.325 e. The molecule has 126 valence electrons. The third-order valence-electron chi connectivity index (χ3n) is 3.48. The molecule has 0 bridgehead atoms. The zero-order chi connectivity index (χ0) is 17.1. The summed E-state index contributed by atoms with van der Waals surface area (Å²) >= 11 is 13.2. The highest BCUT2D eigenvalue weighted by molar-refractivity contribution is 7.99. The van der Waals surface area contributed by atoms with Gasteiger partial charge in [0.2, 0.25) is 5.91 Å². The van der Waals surface area contributed by atoms with Gasteiger partial charge >= 0.3 is 0 Å². The molecule has 1 aromatic heterocycles. The first-order valence-electron chi connectivity index (χ1n) is 7.49. The first-order valence-corrected chi connectivity index (χ1v) is 9.23. The number of nitrogens with one attached hydrogen (secondary N) is 1. The van der Waals surface area contributed by atoms with Crippen LogP contribution in [0.4, 0.5) is 5.69 Å². The van der Waals surface area contributed by atoms with Crippen LogP contribution in [-0.2, 0) is 11.3 Å². The maximum Gasteiger partial charge on any atom is 0.234 e. The van der Waals surface area contributed by atoms with Crippen molar-refractivity contribution < 1.29 is 4.79 Å². The van der Waals surface area contributed by atoms with Gasteiger partial charge in [-0.05, 0) is 31.0 Å². The molecule has 1 aliphatic rings. The summed E-state index contributed by atoms with van der Waals surface area (Å²) in [6.45, 7) is 4.42. The number of hydrogen-bond donors (Lipinski definition) is 1. The highest BCUT2D eigenvalue weighted by atomic mass is 35.5. The number of rotatable bonds is 7. The maximum atomic E-state index is 12.1. The summed E-state index contributed by atoms with van der Waals surface area (Å²) in [4.78, 5) is 12.1. The van der Waals surface area contributed by atoms with E-state index in [2.05, 4.69) is 22.1 Å². The van der Waals surface area contributed by atoms with E-state index in [4.69, 9.17) is 23.2 Å². The molecule has 2 aromatic rings. The first-order chi connectivity index (χ1) is 11.6. The molecule has 5 nitrogen and oxygen atoms in total. The average Bonchev–Trinajstić information content (AvgIpc) is 3.27. The highest BCUT2D eigenvalue weighted by Crippen LogP contribution is 2.40. The Morgan fingerprint density at radius 2 is 2.04 bits per heavy atom. The SMILES string of the molecule is C=CCn1c(SCC(=O)Nc2cc(Cl)cc(Cl)c2)nnc1C1CC1. The molecule has 1 amide bonds. The van der Waals surface area contributed by atoms with Gasteiger partial charge in [0.1, 0.15) is 5.82 Å². The van der Waals surface area contributed by atoms with Crippen LogP contribution in [0, 0.1) is 0 Å². The molecule has 0 unspecified atom stereocenters. The zero-order valence-electron chi connectivity index (χ0n) is 12.8. The Bertz CT molecular complexity index is 753. The standard InChI is InChI=1S/C16H16Cl2N4OS/c1-2-5-22-15(10-3-4-10)20-21-16(22)24-9-14(23)19-13-7-11(17)6-12(18)8-13/h2,6-8,10H,1,3-5,9H2,(H,19,23). The quantitative estimate of drug-likeness (QED) is 0.570. The first kappa shape index (κ1) is 17.3. The number of benzene rings is 1. The van der Waals surface area contributed by atoms with Crippen LogP contribution in [0.2, 0.25) is 10.0 Å². The van der Waals surface area contributed by atoms with E-state index in [1.54, 1.807) is 18.2 Å². The summed E-state index contributed by atoms with van der Waals surface area (Å²) in [5.41, 5.74) is 0.573. The maximum absolute atomic E-state index is 12.1. The fourth-order valence-corrected chi connectivity index (χ4v) is 3.59. The van der Waals surface area contributed by atoms with Crippen LogP contribution < -0.4 is 5.32 Å². The van der Waals surface area contributed by atoms with Crippen LogP contribution >= 0.6 is 35.0 Å². The predicted molar refractivity (Wildman–Crippen MR) is 98.0 cm³/mol. The van der Waals surface area contributed by atoms with Gasteiger partial charge in [0, 0.05) is 28.2 Å². The average molecular weight is 383 g/mol. The predicted octanol–water partition coefficient (Wildman–Crippen LogP) is 4.38. The molecule has 0 radical (unpaired) electrons. The van der Waals surface area contributed by atoms with E-state index in [0.29, 0.717) is 28.2 Å². The number of nitrogens with zero attached hydrogens (tertiary/aromatic N) is 3. The van der Waals surface area contributed by atoms with Crippen molar-refractivity contribution in [1.29, 1.82) is 0 Å². The Morgan fingerprint density at radius 3 is 2.67 bits per heavy atom. The minimum atomic E-state index is -0.153. The molecule has 1 saturated carbocycles. The smallest absolute Gasteiger partial charge is 0.234 e. The molecule has 0 atom stereocenters. The lowest BCUT2D eigenvalue weighted by Gasteiger charge is -2.08. The number of carbonyl (C=O) groups excluding carboxylic acids is 1. The number of carbonyl (C=O) groups is 1. The molecule has 1 aromatic carbocycles. The molecular weight excluding hydrogens is 367 g/mol. The van der Waals surface area contributed by atoms with E-state index in [0.717, 1.165) is 23.8 Å². The summed E-state index contributed by atoms with van der Waals surface area (Å²) in [6.07, 6.45) is 4.11. The Hall–Kier alpha value is -1.50. The lowest BCUT2D eigenvalue weighted by molar-refractivity contribution is -0.113. The van der Waals surface area contributed by atoms with Crippen LogP contribution in [-0.4, -0.2) is 26.4 Å². The molecule has 0 spiro atoms. The van der Waals surface area contributed by atoms with Crippen LogP contribution in [0.25, 0.3) is 0 Å². The van der Waals surface area contributed by atoms with Crippen LogP contribution in [0.3, 0.4) is 0 Å². The Morgan fingerprint density at radius 1 is 1.33 bits per heavy atom. The van der Waals surface area contributed by atoms with Gasteiger partial charge < -0.3 is 9.88 Å². The number of amides is 1. The van der Waals surface area contributed by atoms with Crippen LogP contribution in [0.1, 0.15) is 24.6 Å². The fourth-order valence-electron chi connectivity index (χ4n) is 2.30. The van der Waals surface area contributed by atoms with Gasteiger partial charge in [-0.2, -0.15) is 0 Å². The van der Waals surface area contributed by atoms with E-state index >= 15 is 0 Å². The summed E-state index contributed by atoms with van der Waals surface area (Å²) in [5, 5.41) is 12.9. The minimum Gasteiger partial charge on any atom is -0.325 e. The number of allylic oxidation sites excluding steroid dienone is 1. The van der Waals surface area contributed by atoms with Gasteiger partial charge in [-0.1, -0.05) is 41.0 Å². The lowest BCUT2D eigenvalue weighted by Crippen LogP contribution is -2.14. The third-order valence-corrected chi connectivity index (χ3v) is 4.88. The molecule has 24 heavy (non-hydrogen) atoms. The van der Waals surface area contributed by atoms with Gasteiger partial charge in [-0.3, -0.25) is 4.79 Å². The molecular formula is C16H16Cl2N4OS. The third kappa shape index (κ3) is 4.32. The molecule has 1 fully saturated rings. The summed E-state index contributed by atoms with van der Waals surface area (Å²) in [6, 6.07) is 4.92. The van der Waals surface area contributed by atoms with E-state index in [-0.39, 0.29) is 11.7 Å². The van der Waals surface area contributed by atoms with Crippen LogP contribution in [0.15, 0.2) is 36.0 Å². The van der Waals surface area contributed by atoms with E-state index in [9.17, 15) is 4.79 Å². The summed E-state index contributed by atoms with van der Waals surface area (Å²) < 4.78 is 2.03. The van der Waals surface area contributed by atoms with Crippen molar-refractivity contribution in [2.24, 2.45) is 0 Å². The second-order valence-electron chi connectivity index (χ2n) is 5.51. The number of hydrogen-bond acceptors (Lipinski definition) is 4. The second kappa shape index (κ2) is 7.59. The van der Waals surface area contributed by atoms with Gasteiger partial charge in [-0.25, -0.2) is 0 Å². The Kier molecular flexibility index (Phi) is 5.48. The molecule has 8 heteroatoms. The number of halogens is 2. The topological polar surface area (TPSA) is 59.8 Å². The van der Waals surface area contributed by atoms with E-state index in [1.807, 2.05) is 10.6 Å². The minimum absolute atomic E-state index is 0.153. The van der Waals surface area contributed by atoms with Crippen molar-refractivity contribution in [3.05, 3.63) is 46.7 Å². The van der Waals surface area contributed by atoms with Crippen molar-refractivity contribution in [2.75, 3.05) is 11.1 Å². The molecule has 0 aliphatic heterocycles. The van der Waals surface area contributed by atoms with Gasteiger partial charge in [-0.15, -0.1) is 16.8 Å². The molecule has 1 heterocycles. The molecule has 0 saturated heterocycles. The molecule has 1 aliphatic carbocycles. The van der Waals surface area contributed by atoms with E-state index < -0.39 is 0 Å². The normalized spacial score (nSPS) is 13.8. The van der Waals surface area contributed by atoms with Crippen molar-refractivity contribution in [1.82, 2.24) is 14.8 Å². The zero-order valence-corrected chi connectivity index (χ0v) is 15.2. The summed E-state index contributed by atoms with van der Waals surface area (Å²) in [5.74, 6) is 1.55. The molecule has 1 N–H and O–H groups in total. The molecule has 3 rings (SSSR count). The van der Waals surface area contributed by atoms with Crippen molar-refractivity contribution in [3.63, 3.8) is 0 Å².